The third-order valence-corrected chi connectivity index (χ3v) is 5.38. The van der Waals surface area contributed by atoms with Crippen molar-refractivity contribution in [2.75, 3.05) is 5.75 Å². The molecule has 0 radical (unpaired) electrons. The predicted molar refractivity (Wildman–Crippen MR) is 88.2 cm³/mol. The number of aliphatic carboxylic acids is 1. The van der Waals surface area contributed by atoms with Crippen LogP contribution in [-0.4, -0.2) is 31.6 Å². The van der Waals surface area contributed by atoms with Crippen molar-refractivity contribution in [2.45, 2.75) is 17.2 Å². The molecule has 6 nitrogen and oxygen atoms in total. The van der Waals surface area contributed by atoms with E-state index in [0.29, 0.717) is 16.0 Å². The van der Waals surface area contributed by atoms with Crippen LogP contribution in [0.1, 0.15) is 11.6 Å². The van der Waals surface area contributed by atoms with E-state index in [9.17, 15) is 27.9 Å². The van der Waals surface area contributed by atoms with Crippen LogP contribution in [0.15, 0.2) is 40.3 Å². The molecule has 1 aliphatic rings. The third kappa shape index (κ3) is 2.40. The Morgan fingerprint density at radius 1 is 1.38 bits per heavy atom. The topological polar surface area (TPSA) is 88.0 Å². The number of fused-ring (bicyclic) bond motifs is 2. The molecular formula is C16H10F3N3O3S. The summed E-state index contributed by atoms with van der Waals surface area (Å²) in [5.41, 5.74) is -0.702. The molecule has 3 aromatic rings. The summed E-state index contributed by atoms with van der Waals surface area (Å²) in [5.74, 6) is -1.05. The fraction of sp³-hybridized carbons (Fsp3) is 0.188. The van der Waals surface area contributed by atoms with Crippen molar-refractivity contribution >= 4 is 28.6 Å². The summed E-state index contributed by atoms with van der Waals surface area (Å²) in [6.07, 6.45) is -3.15. The van der Waals surface area contributed by atoms with Crippen LogP contribution in [0.5, 0.6) is 0 Å². The van der Waals surface area contributed by atoms with Crippen LogP contribution in [0, 0.1) is 0 Å². The molecule has 0 bridgehead atoms. The standard InChI is InChI=1S/C16H10F3N3O3S/c17-16(18,19)8-3-1-2-7(4-8)11-9-5-20-21-12(9)13(23)22-10(15(24)25)6-26-14(11)22/h1-5,10H,6H2,(H,20,21)(H,24,25)/t10-/m0/s1. The molecule has 0 amide bonds. The van der Waals surface area contributed by atoms with Gasteiger partial charge in [0.25, 0.3) is 5.56 Å². The SMILES string of the molecule is O=C(O)[C@@H]1CSc2c(-c3cccc(C(F)(F)F)c3)c3cn[nH]c3c(=O)n21. The molecule has 3 heterocycles. The monoisotopic (exact) mass is 381 g/mol. The molecule has 0 aliphatic carbocycles. The minimum atomic E-state index is -4.52. The number of hydrogen-bond acceptors (Lipinski definition) is 4. The van der Waals surface area contributed by atoms with Crippen LogP contribution in [0.25, 0.3) is 22.0 Å². The van der Waals surface area contributed by atoms with Gasteiger partial charge in [-0.2, -0.15) is 18.3 Å². The van der Waals surface area contributed by atoms with Crippen molar-refractivity contribution in [2.24, 2.45) is 0 Å². The molecule has 0 saturated carbocycles. The lowest BCUT2D eigenvalue weighted by atomic mass is 10.0. The number of halogens is 3. The Balaban J connectivity index is 2.06. The van der Waals surface area contributed by atoms with Gasteiger partial charge in [-0.15, -0.1) is 11.8 Å². The molecule has 1 aromatic carbocycles. The van der Waals surface area contributed by atoms with E-state index in [1.165, 1.54) is 18.3 Å². The maximum atomic E-state index is 13.1. The molecular weight excluding hydrogens is 371 g/mol. The minimum absolute atomic E-state index is 0.0647. The molecule has 4 rings (SSSR count). The van der Waals surface area contributed by atoms with Crippen molar-refractivity contribution in [1.82, 2.24) is 14.8 Å². The Morgan fingerprint density at radius 2 is 2.15 bits per heavy atom. The fourth-order valence-electron chi connectivity index (χ4n) is 3.06. The fourth-order valence-corrected chi connectivity index (χ4v) is 4.38. The number of pyridine rings is 1. The van der Waals surface area contributed by atoms with Crippen molar-refractivity contribution < 1.29 is 23.1 Å². The third-order valence-electron chi connectivity index (χ3n) is 4.23. The highest BCUT2D eigenvalue weighted by Gasteiger charge is 2.35. The minimum Gasteiger partial charge on any atom is -0.480 e. The molecule has 1 aliphatic heterocycles. The largest absolute Gasteiger partial charge is 0.480 e. The molecule has 134 valence electrons. The number of hydrogen-bond donors (Lipinski definition) is 2. The summed E-state index contributed by atoms with van der Waals surface area (Å²) < 4.78 is 40.4. The van der Waals surface area contributed by atoms with Gasteiger partial charge in [0.1, 0.15) is 11.6 Å². The molecule has 0 unspecified atom stereocenters. The molecule has 26 heavy (non-hydrogen) atoms. The quantitative estimate of drug-likeness (QED) is 0.712. The number of aromatic nitrogens is 3. The Morgan fingerprint density at radius 3 is 2.85 bits per heavy atom. The first kappa shape index (κ1) is 16.7. The van der Waals surface area contributed by atoms with E-state index in [4.69, 9.17) is 0 Å². The number of alkyl halides is 3. The van der Waals surface area contributed by atoms with Crippen LogP contribution in [0.4, 0.5) is 13.2 Å². The van der Waals surface area contributed by atoms with E-state index in [2.05, 4.69) is 10.2 Å². The van der Waals surface area contributed by atoms with Crippen molar-refractivity contribution in [3.05, 3.63) is 46.4 Å². The highest BCUT2D eigenvalue weighted by atomic mass is 32.2. The molecule has 0 fully saturated rings. The van der Waals surface area contributed by atoms with E-state index < -0.39 is 29.3 Å². The van der Waals surface area contributed by atoms with Gasteiger partial charge < -0.3 is 5.11 Å². The van der Waals surface area contributed by atoms with Gasteiger partial charge in [-0.1, -0.05) is 12.1 Å². The maximum Gasteiger partial charge on any atom is 0.416 e. The highest BCUT2D eigenvalue weighted by molar-refractivity contribution is 7.99. The summed E-state index contributed by atoms with van der Waals surface area (Å²) in [4.78, 5) is 24.1. The summed E-state index contributed by atoms with van der Waals surface area (Å²) in [7, 11) is 0. The first-order valence-corrected chi connectivity index (χ1v) is 8.42. The second-order valence-corrected chi connectivity index (χ2v) is 6.77. The number of nitrogens with one attached hydrogen (secondary N) is 1. The second-order valence-electron chi connectivity index (χ2n) is 5.76. The van der Waals surface area contributed by atoms with E-state index in [0.717, 1.165) is 28.5 Å². The first-order valence-electron chi connectivity index (χ1n) is 7.44. The van der Waals surface area contributed by atoms with Gasteiger partial charge in [0.05, 0.1) is 16.8 Å². The molecule has 0 saturated heterocycles. The Labute approximate surface area is 147 Å². The van der Waals surface area contributed by atoms with E-state index in [1.807, 2.05) is 0 Å². The lowest BCUT2D eigenvalue weighted by molar-refractivity contribution is -0.140. The van der Waals surface area contributed by atoms with Crippen LogP contribution < -0.4 is 5.56 Å². The summed E-state index contributed by atoms with van der Waals surface area (Å²) in [6, 6.07) is 3.64. The average molecular weight is 381 g/mol. The Kier molecular flexibility index (Phi) is 3.62. The summed E-state index contributed by atoms with van der Waals surface area (Å²) in [5, 5.41) is 16.4. The number of H-pyrrole nitrogens is 1. The average Bonchev–Trinajstić information content (AvgIpc) is 3.22. The van der Waals surface area contributed by atoms with E-state index >= 15 is 0 Å². The van der Waals surface area contributed by atoms with Crippen LogP contribution in [-0.2, 0) is 11.0 Å². The number of carboxylic acids is 1. The molecule has 10 heteroatoms. The molecule has 2 N–H and O–H groups in total. The van der Waals surface area contributed by atoms with Gasteiger partial charge in [0, 0.05) is 16.7 Å². The van der Waals surface area contributed by atoms with Crippen LogP contribution >= 0.6 is 11.8 Å². The highest BCUT2D eigenvalue weighted by Crippen LogP contribution is 2.43. The zero-order valence-electron chi connectivity index (χ0n) is 12.9. The zero-order valence-corrected chi connectivity index (χ0v) is 13.7. The molecule has 1 atom stereocenters. The van der Waals surface area contributed by atoms with Crippen molar-refractivity contribution in [1.29, 1.82) is 0 Å². The van der Waals surface area contributed by atoms with Gasteiger partial charge in [0.2, 0.25) is 0 Å². The predicted octanol–water partition coefficient (Wildman–Crippen LogP) is 3.14. The lowest BCUT2D eigenvalue weighted by Crippen LogP contribution is -2.29. The first-order chi connectivity index (χ1) is 12.3. The number of thioether (sulfide) groups is 1. The van der Waals surface area contributed by atoms with E-state index in [1.54, 1.807) is 0 Å². The smallest absolute Gasteiger partial charge is 0.416 e. The van der Waals surface area contributed by atoms with Gasteiger partial charge in [0.15, 0.2) is 0 Å². The maximum absolute atomic E-state index is 13.1. The number of carbonyl (C=O) groups is 1. The van der Waals surface area contributed by atoms with Gasteiger partial charge in [-0.25, -0.2) is 4.79 Å². The second kappa shape index (κ2) is 5.63. The van der Waals surface area contributed by atoms with Crippen molar-refractivity contribution in [3.63, 3.8) is 0 Å². The lowest BCUT2D eigenvalue weighted by Gasteiger charge is -2.15. The normalized spacial score (nSPS) is 16.8. The number of rotatable bonds is 2. The van der Waals surface area contributed by atoms with Crippen LogP contribution in [0.3, 0.4) is 0 Å². The summed E-state index contributed by atoms with van der Waals surface area (Å²) in [6.45, 7) is 0. The summed E-state index contributed by atoms with van der Waals surface area (Å²) >= 11 is 1.13. The molecule has 2 aromatic heterocycles. The number of benzene rings is 1. The van der Waals surface area contributed by atoms with Gasteiger partial charge in [-0.3, -0.25) is 14.5 Å². The van der Waals surface area contributed by atoms with Crippen molar-refractivity contribution in [3.8, 4) is 11.1 Å². The number of nitrogens with zero attached hydrogens (tertiary/aromatic N) is 2. The van der Waals surface area contributed by atoms with Crippen LogP contribution in [0.2, 0.25) is 0 Å². The Bertz CT molecular complexity index is 1100. The number of aromatic amines is 1. The number of carboxylic acid groups (broad SMARTS) is 1. The molecule has 0 spiro atoms. The van der Waals surface area contributed by atoms with E-state index in [-0.39, 0.29) is 16.8 Å². The van der Waals surface area contributed by atoms with Gasteiger partial charge in [-0.05, 0) is 17.7 Å². The zero-order chi connectivity index (χ0) is 18.6. The van der Waals surface area contributed by atoms with Gasteiger partial charge >= 0.3 is 12.1 Å². The Hall–Kier alpha value is -2.75.